The van der Waals surface area contributed by atoms with E-state index < -0.39 is 0 Å². The zero-order chi connectivity index (χ0) is 11.5. The van der Waals surface area contributed by atoms with E-state index in [0.29, 0.717) is 17.9 Å². The van der Waals surface area contributed by atoms with E-state index in [9.17, 15) is 4.39 Å². The van der Waals surface area contributed by atoms with E-state index in [1.807, 2.05) is 0 Å². The number of hydrogen-bond donors (Lipinski definition) is 1. The van der Waals surface area contributed by atoms with E-state index in [0.717, 1.165) is 0 Å². The maximum Gasteiger partial charge on any atom is 0.208 e. The van der Waals surface area contributed by atoms with Crippen molar-refractivity contribution in [2.24, 2.45) is 5.73 Å². The van der Waals surface area contributed by atoms with E-state index in [1.165, 1.54) is 17.1 Å². The fourth-order valence-electron chi connectivity index (χ4n) is 1.28. The van der Waals surface area contributed by atoms with Gasteiger partial charge in [0, 0.05) is 5.56 Å². The van der Waals surface area contributed by atoms with Gasteiger partial charge in [-0.3, -0.25) is 0 Å². The van der Waals surface area contributed by atoms with Gasteiger partial charge in [-0.25, -0.2) is 14.1 Å². The summed E-state index contributed by atoms with van der Waals surface area (Å²) >= 11 is 4.73. The molecule has 2 N–H and O–H groups in total. The molecule has 82 valence electrons. The van der Waals surface area contributed by atoms with E-state index in [1.54, 1.807) is 18.2 Å². The third-order valence-electron chi connectivity index (χ3n) is 2.05. The Kier molecular flexibility index (Phi) is 2.91. The zero-order valence-electron chi connectivity index (χ0n) is 8.30. The molecule has 0 saturated heterocycles. The molecule has 0 fully saturated rings. The summed E-state index contributed by atoms with van der Waals surface area (Å²) < 4.78 is 14.8. The predicted octanol–water partition coefficient (Wildman–Crippen LogP) is 1.10. The Hall–Kier alpha value is -1.82. The summed E-state index contributed by atoms with van der Waals surface area (Å²) in [4.78, 5) is 4.04. The minimum Gasteiger partial charge on any atom is -0.387 e. The summed E-state index contributed by atoms with van der Waals surface area (Å²) in [6.45, 7) is 0.308. The number of benzene rings is 1. The molecule has 2 rings (SSSR count). The van der Waals surface area contributed by atoms with Gasteiger partial charge in [0.25, 0.3) is 0 Å². The van der Waals surface area contributed by atoms with Crippen LogP contribution < -0.4 is 5.73 Å². The highest BCUT2D eigenvalue weighted by Gasteiger charge is 2.06. The zero-order valence-corrected chi connectivity index (χ0v) is 9.12. The molecule has 0 bridgehead atoms. The maximum absolute atomic E-state index is 13.3. The number of halogens is 1. The van der Waals surface area contributed by atoms with Gasteiger partial charge in [-0.1, -0.05) is 30.4 Å². The van der Waals surface area contributed by atoms with Crippen LogP contribution in [0.15, 0.2) is 30.6 Å². The first-order valence-corrected chi connectivity index (χ1v) is 5.00. The van der Waals surface area contributed by atoms with Crippen molar-refractivity contribution >= 4 is 17.2 Å². The Bertz CT molecular complexity index is 523. The molecule has 0 unspecified atom stereocenters. The van der Waals surface area contributed by atoms with Crippen molar-refractivity contribution in [2.45, 2.75) is 6.54 Å². The molecular formula is C10H9FN4S. The molecule has 16 heavy (non-hydrogen) atoms. The van der Waals surface area contributed by atoms with Crippen molar-refractivity contribution in [1.82, 2.24) is 14.8 Å². The number of nitrogens with two attached hydrogens (primary N) is 1. The molecule has 2 aromatic rings. The summed E-state index contributed by atoms with van der Waals surface area (Å²) in [5, 5.41) is 4.02. The third-order valence-corrected chi connectivity index (χ3v) is 2.23. The molecular weight excluding hydrogens is 227 g/mol. The average Bonchev–Trinajstić information content (AvgIpc) is 2.70. The van der Waals surface area contributed by atoms with Crippen molar-refractivity contribution in [3.8, 4) is 0 Å². The fraction of sp³-hybridized carbons (Fsp3) is 0.100. The molecule has 1 heterocycles. The Morgan fingerprint density at radius 1 is 1.44 bits per heavy atom. The predicted molar refractivity (Wildman–Crippen MR) is 61.4 cm³/mol. The second-order valence-corrected chi connectivity index (χ2v) is 3.66. The second kappa shape index (κ2) is 4.36. The lowest BCUT2D eigenvalue weighted by Crippen LogP contribution is -2.12. The Morgan fingerprint density at radius 2 is 2.19 bits per heavy atom. The van der Waals surface area contributed by atoms with Crippen LogP contribution in [0.3, 0.4) is 0 Å². The quantitative estimate of drug-likeness (QED) is 0.811. The van der Waals surface area contributed by atoms with Gasteiger partial charge in [0.1, 0.15) is 17.1 Å². The molecule has 4 nitrogen and oxygen atoms in total. The van der Waals surface area contributed by atoms with Gasteiger partial charge in [-0.2, -0.15) is 0 Å². The molecule has 0 aliphatic carbocycles. The maximum atomic E-state index is 13.3. The second-order valence-electron chi connectivity index (χ2n) is 3.22. The van der Waals surface area contributed by atoms with Crippen LogP contribution in [-0.4, -0.2) is 19.8 Å². The minimum atomic E-state index is -0.269. The first kappa shape index (κ1) is 10.7. The number of thiocarbonyl (C=S) groups is 1. The van der Waals surface area contributed by atoms with Gasteiger partial charge in [0.2, 0.25) is 5.82 Å². The van der Waals surface area contributed by atoms with E-state index >= 15 is 0 Å². The highest BCUT2D eigenvalue weighted by atomic mass is 32.1. The molecule has 0 radical (unpaired) electrons. The minimum absolute atomic E-state index is 0.132. The monoisotopic (exact) mass is 236 g/mol. The topological polar surface area (TPSA) is 56.7 Å². The SMILES string of the molecule is NC(=S)c1ncn(Cc2ccccc2F)n1. The number of hydrogen-bond acceptors (Lipinski definition) is 3. The summed E-state index contributed by atoms with van der Waals surface area (Å²) in [5.74, 6) is 0.0289. The van der Waals surface area contributed by atoms with E-state index in [4.69, 9.17) is 18.0 Å². The third kappa shape index (κ3) is 2.22. The lowest BCUT2D eigenvalue weighted by molar-refractivity contribution is 0.584. The number of aromatic nitrogens is 3. The summed E-state index contributed by atoms with van der Waals surface area (Å²) in [5.41, 5.74) is 5.91. The van der Waals surface area contributed by atoms with Crippen LogP contribution >= 0.6 is 12.2 Å². The molecule has 1 aromatic carbocycles. The summed E-state index contributed by atoms with van der Waals surface area (Å²) in [6.07, 6.45) is 1.47. The van der Waals surface area contributed by atoms with Gasteiger partial charge < -0.3 is 5.73 Å². The molecule has 1 aromatic heterocycles. The molecule has 0 aliphatic rings. The Morgan fingerprint density at radius 3 is 2.81 bits per heavy atom. The van der Waals surface area contributed by atoms with Crippen LogP contribution in [0.25, 0.3) is 0 Å². The van der Waals surface area contributed by atoms with Crippen LogP contribution in [0.5, 0.6) is 0 Å². The van der Waals surface area contributed by atoms with Crippen LogP contribution in [0, 0.1) is 5.82 Å². The molecule has 0 amide bonds. The van der Waals surface area contributed by atoms with Gasteiger partial charge in [-0.15, -0.1) is 5.10 Å². The normalized spacial score (nSPS) is 10.3. The van der Waals surface area contributed by atoms with Crippen molar-refractivity contribution in [2.75, 3.05) is 0 Å². The highest BCUT2D eigenvalue weighted by molar-refractivity contribution is 7.80. The Balaban J connectivity index is 2.21. The largest absolute Gasteiger partial charge is 0.387 e. The lowest BCUT2D eigenvalue weighted by atomic mass is 10.2. The Labute approximate surface area is 96.9 Å². The smallest absolute Gasteiger partial charge is 0.208 e. The summed E-state index contributed by atoms with van der Waals surface area (Å²) in [6, 6.07) is 6.50. The molecule has 0 aliphatic heterocycles. The molecule has 0 spiro atoms. The fourth-order valence-corrected chi connectivity index (χ4v) is 1.38. The molecule has 0 saturated carbocycles. The first-order chi connectivity index (χ1) is 7.66. The van der Waals surface area contributed by atoms with Crippen molar-refractivity contribution in [1.29, 1.82) is 0 Å². The molecule has 6 heteroatoms. The van der Waals surface area contributed by atoms with Crippen LogP contribution in [-0.2, 0) is 6.54 Å². The van der Waals surface area contributed by atoms with Crippen LogP contribution in [0.1, 0.15) is 11.4 Å². The standard InChI is InChI=1S/C10H9FN4S/c11-8-4-2-1-3-7(8)5-15-6-13-10(14-15)9(12)16/h1-4,6H,5H2,(H2,12,16). The highest BCUT2D eigenvalue weighted by Crippen LogP contribution is 2.07. The average molecular weight is 236 g/mol. The summed E-state index contributed by atoms with van der Waals surface area (Å²) in [7, 11) is 0. The lowest BCUT2D eigenvalue weighted by Gasteiger charge is -2.01. The van der Waals surface area contributed by atoms with Gasteiger partial charge >= 0.3 is 0 Å². The van der Waals surface area contributed by atoms with E-state index in [2.05, 4.69) is 10.1 Å². The van der Waals surface area contributed by atoms with Crippen molar-refractivity contribution in [3.05, 3.63) is 47.8 Å². The van der Waals surface area contributed by atoms with E-state index in [-0.39, 0.29) is 10.8 Å². The van der Waals surface area contributed by atoms with Crippen molar-refractivity contribution < 1.29 is 4.39 Å². The molecule has 0 atom stereocenters. The number of nitrogens with zero attached hydrogens (tertiary/aromatic N) is 3. The van der Waals surface area contributed by atoms with Crippen LogP contribution in [0.2, 0.25) is 0 Å². The van der Waals surface area contributed by atoms with Crippen LogP contribution in [0.4, 0.5) is 4.39 Å². The van der Waals surface area contributed by atoms with Gasteiger partial charge in [0.15, 0.2) is 0 Å². The van der Waals surface area contributed by atoms with Gasteiger partial charge in [0.05, 0.1) is 6.54 Å². The van der Waals surface area contributed by atoms with Crippen molar-refractivity contribution in [3.63, 3.8) is 0 Å². The first-order valence-electron chi connectivity index (χ1n) is 4.59. The van der Waals surface area contributed by atoms with Gasteiger partial charge in [-0.05, 0) is 6.07 Å². The number of rotatable bonds is 3.